The summed E-state index contributed by atoms with van der Waals surface area (Å²) < 4.78 is 15.0. The molecular weight excluding hydrogens is 320 g/mol. The molecular formula is C12H9FINO. The Labute approximate surface area is 106 Å². The van der Waals surface area contributed by atoms with Crippen molar-refractivity contribution in [2.45, 2.75) is 0 Å². The summed E-state index contributed by atoms with van der Waals surface area (Å²) in [6.45, 7) is 0. The standard InChI is InChI=1S/C12H9FINO/c1-15-11(7-6-10(14)12(15)16)8-2-4-9(13)5-3-8/h2-7H,1H3. The van der Waals surface area contributed by atoms with Crippen LogP contribution in [0, 0.1) is 9.39 Å². The molecule has 0 bridgehead atoms. The third-order valence-electron chi connectivity index (χ3n) is 2.40. The van der Waals surface area contributed by atoms with Gasteiger partial charge in [0.25, 0.3) is 5.56 Å². The van der Waals surface area contributed by atoms with Crippen molar-refractivity contribution in [2.24, 2.45) is 7.05 Å². The van der Waals surface area contributed by atoms with Gasteiger partial charge in [0.1, 0.15) is 5.82 Å². The zero-order chi connectivity index (χ0) is 11.7. The molecule has 82 valence electrons. The SMILES string of the molecule is Cn1c(-c2ccc(F)cc2)ccc(I)c1=O. The molecule has 0 aliphatic rings. The molecule has 0 spiro atoms. The second-order valence-corrected chi connectivity index (χ2v) is 4.60. The zero-order valence-electron chi connectivity index (χ0n) is 8.58. The Morgan fingerprint density at radius 1 is 1.12 bits per heavy atom. The molecule has 2 nitrogen and oxygen atoms in total. The topological polar surface area (TPSA) is 22.0 Å². The van der Waals surface area contributed by atoms with Crippen molar-refractivity contribution in [1.82, 2.24) is 4.57 Å². The van der Waals surface area contributed by atoms with Gasteiger partial charge in [-0.25, -0.2) is 4.39 Å². The zero-order valence-corrected chi connectivity index (χ0v) is 10.7. The van der Waals surface area contributed by atoms with E-state index in [0.29, 0.717) is 3.57 Å². The van der Waals surface area contributed by atoms with Crippen LogP contribution >= 0.6 is 22.6 Å². The van der Waals surface area contributed by atoms with Crippen molar-refractivity contribution in [3.63, 3.8) is 0 Å². The van der Waals surface area contributed by atoms with Crippen molar-refractivity contribution in [3.8, 4) is 11.3 Å². The fourth-order valence-corrected chi connectivity index (χ4v) is 2.06. The average Bonchev–Trinajstić information content (AvgIpc) is 2.28. The van der Waals surface area contributed by atoms with Crippen molar-refractivity contribution in [3.05, 3.63) is 56.1 Å². The lowest BCUT2D eigenvalue weighted by molar-refractivity contribution is 0.628. The van der Waals surface area contributed by atoms with Gasteiger partial charge >= 0.3 is 0 Å². The van der Waals surface area contributed by atoms with Crippen LogP contribution in [0.25, 0.3) is 11.3 Å². The Hall–Kier alpha value is -1.17. The molecule has 0 saturated heterocycles. The van der Waals surface area contributed by atoms with Gasteiger partial charge in [-0.2, -0.15) is 0 Å². The summed E-state index contributed by atoms with van der Waals surface area (Å²) in [4.78, 5) is 11.7. The Balaban J connectivity index is 2.61. The normalized spacial score (nSPS) is 10.4. The molecule has 0 amide bonds. The third-order valence-corrected chi connectivity index (χ3v) is 3.22. The largest absolute Gasteiger partial charge is 0.310 e. The molecule has 2 rings (SSSR count). The molecule has 1 aromatic heterocycles. The third kappa shape index (κ3) is 2.02. The van der Waals surface area contributed by atoms with Crippen LogP contribution in [0.3, 0.4) is 0 Å². The highest BCUT2D eigenvalue weighted by Crippen LogP contribution is 2.18. The second-order valence-electron chi connectivity index (χ2n) is 3.44. The minimum absolute atomic E-state index is 0.0394. The molecule has 16 heavy (non-hydrogen) atoms. The van der Waals surface area contributed by atoms with E-state index in [1.807, 2.05) is 28.7 Å². The molecule has 0 atom stereocenters. The van der Waals surface area contributed by atoms with E-state index in [9.17, 15) is 9.18 Å². The first-order chi connectivity index (χ1) is 7.59. The van der Waals surface area contributed by atoms with Crippen molar-refractivity contribution in [1.29, 1.82) is 0 Å². The number of aromatic nitrogens is 1. The van der Waals surface area contributed by atoms with E-state index in [0.717, 1.165) is 11.3 Å². The van der Waals surface area contributed by atoms with Crippen LogP contribution in [0.5, 0.6) is 0 Å². The van der Waals surface area contributed by atoms with Gasteiger partial charge in [-0.05, 0) is 64.6 Å². The fraction of sp³-hybridized carbons (Fsp3) is 0.0833. The molecule has 1 heterocycles. The maximum Gasteiger partial charge on any atom is 0.264 e. The summed E-state index contributed by atoms with van der Waals surface area (Å²) in [6.07, 6.45) is 0. The van der Waals surface area contributed by atoms with Crippen LogP contribution in [0.15, 0.2) is 41.2 Å². The summed E-state index contributed by atoms with van der Waals surface area (Å²) in [5.74, 6) is -0.278. The number of benzene rings is 1. The summed E-state index contributed by atoms with van der Waals surface area (Å²) in [5, 5.41) is 0. The molecule has 2 aromatic rings. The first-order valence-corrected chi connectivity index (χ1v) is 5.79. The molecule has 4 heteroatoms. The number of pyridine rings is 1. The highest BCUT2D eigenvalue weighted by Gasteiger charge is 2.05. The van der Waals surface area contributed by atoms with Gasteiger partial charge in [0.05, 0.1) is 9.26 Å². The van der Waals surface area contributed by atoms with E-state index in [4.69, 9.17) is 0 Å². The number of hydrogen-bond acceptors (Lipinski definition) is 1. The quantitative estimate of drug-likeness (QED) is 0.738. The second kappa shape index (κ2) is 4.37. The molecule has 0 unspecified atom stereocenters. The van der Waals surface area contributed by atoms with Crippen LogP contribution in [-0.4, -0.2) is 4.57 Å². The van der Waals surface area contributed by atoms with E-state index >= 15 is 0 Å². The van der Waals surface area contributed by atoms with E-state index in [1.165, 1.54) is 12.1 Å². The minimum atomic E-state index is -0.278. The van der Waals surface area contributed by atoms with Crippen LogP contribution < -0.4 is 5.56 Å². The predicted molar refractivity (Wildman–Crippen MR) is 69.8 cm³/mol. The smallest absolute Gasteiger partial charge is 0.264 e. The lowest BCUT2D eigenvalue weighted by Gasteiger charge is -2.08. The van der Waals surface area contributed by atoms with Crippen molar-refractivity contribution >= 4 is 22.6 Å². The molecule has 0 aliphatic heterocycles. The summed E-state index contributed by atoms with van der Waals surface area (Å²) in [7, 11) is 1.71. The number of halogens is 2. The van der Waals surface area contributed by atoms with Gasteiger partial charge in [0.15, 0.2) is 0 Å². The predicted octanol–water partition coefficient (Wildman–Crippen LogP) is 2.80. The van der Waals surface area contributed by atoms with Gasteiger partial charge in [-0.15, -0.1) is 0 Å². The number of nitrogens with zero attached hydrogens (tertiary/aromatic N) is 1. The Morgan fingerprint density at radius 2 is 1.75 bits per heavy atom. The molecule has 0 aliphatic carbocycles. The van der Waals surface area contributed by atoms with E-state index < -0.39 is 0 Å². The van der Waals surface area contributed by atoms with Gasteiger partial charge in [0, 0.05) is 7.05 Å². The van der Waals surface area contributed by atoms with Crippen molar-refractivity contribution in [2.75, 3.05) is 0 Å². The molecule has 1 aromatic carbocycles. The summed E-state index contributed by atoms with van der Waals surface area (Å²) in [5.41, 5.74) is 1.57. The Kier molecular flexibility index (Phi) is 3.09. The van der Waals surface area contributed by atoms with Crippen LogP contribution in [0.4, 0.5) is 4.39 Å². The summed E-state index contributed by atoms with van der Waals surface area (Å²) >= 11 is 2.00. The average molecular weight is 329 g/mol. The van der Waals surface area contributed by atoms with Crippen LogP contribution in [0.2, 0.25) is 0 Å². The molecule has 0 saturated carbocycles. The van der Waals surface area contributed by atoms with Crippen LogP contribution in [0.1, 0.15) is 0 Å². The lowest BCUT2D eigenvalue weighted by Crippen LogP contribution is -2.20. The summed E-state index contributed by atoms with van der Waals surface area (Å²) in [6, 6.07) is 9.72. The van der Waals surface area contributed by atoms with E-state index in [1.54, 1.807) is 29.8 Å². The van der Waals surface area contributed by atoms with Gasteiger partial charge in [-0.3, -0.25) is 4.79 Å². The first kappa shape index (κ1) is 11.3. The van der Waals surface area contributed by atoms with E-state index in [2.05, 4.69) is 0 Å². The molecule has 0 fully saturated rings. The van der Waals surface area contributed by atoms with E-state index in [-0.39, 0.29) is 11.4 Å². The van der Waals surface area contributed by atoms with Gasteiger partial charge < -0.3 is 4.57 Å². The number of rotatable bonds is 1. The van der Waals surface area contributed by atoms with Crippen LogP contribution in [-0.2, 0) is 7.05 Å². The number of hydrogen-bond donors (Lipinski definition) is 0. The first-order valence-electron chi connectivity index (χ1n) is 4.71. The highest BCUT2D eigenvalue weighted by molar-refractivity contribution is 14.1. The van der Waals surface area contributed by atoms with Crippen molar-refractivity contribution < 1.29 is 4.39 Å². The highest BCUT2D eigenvalue weighted by atomic mass is 127. The van der Waals surface area contributed by atoms with Gasteiger partial charge in [-0.1, -0.05) is 0 Å². The minimum Gasteiger partial charge on any atom is -0.310 e. The fourth-order valence-electron chi connectivity index (χ4n) is 1.52. The monoisotopic (exact) mass is 329 g/mol. The molecule has 0 radical (unpaired) electrons. The van der Waals surface area contributed by atoms with Gasteiger partial charge in [0.2, 0.25) is 0 Å². The Bertz CT molecular complexity index is 575. The maximum absolute atomic E-state index is 12.8. The maximum atomic E-state index is 12.8. The lowest BCUT2D eigenvalue weighted by atomic mass is 10.1. The molecule has 0 N–H and O–H groups in total. The Morgan fingerprint density at radius 3 is 2.38 bits per heavy atom.